The molecule has 2 atom stereocenters. The Morgan fingerprint density at radius 2 is 1.77 bits per heavy atom. The topological polar surface area (TPSA) is 75.7 Å². The van der Waals surface area contributed by atoms with Gasteiger partial charge in [-0.2, -0.15) is 0 Å². The van der Waals surface area contributed by atoms with Crippen molar-refractivity contribution in [1.82, 2.24) is 0 Å². The average molecular weight is 402 g/mol. The van der Waals surface area contributed by atoms with E-state index in [1.807, 2.05) is 49.4 Å². The third-order valence-corrected chi connectivity index (χ3v) is 5.82. The van der Waals surface area contributed by atoms with Crippen molar-refractivity contribution in [2.75, 3.05) is 10.2 Å². The van der Waals surface area contributed by atoms with Crippen LogP contribution in [0, 0.1) is 0 Å². The van der Waals surface area contributed by atoms with Crippen molar-refractivity contribution in [3.05, 3.63) is 83.8 Å². The summed E-state index contributed by atoms with van der Waals surface area (Å²) in [5, 5.41) is 3.47. The number of benzene rings is 1. The van der Waals surface area contributed by atoms with Crippen LogP contribution in [0.1, 0.15) is 49.7 Å². The first-order valence-electron chi connectivity index (χ1n) is 10.2. The van der Waals surface area contributed by atoms with Gasteiger partial charge in [0.1, 0.15) is 17.6 Å². The summed E-state index contributed by atoms with van der Waals surface area (Å²) in [7, 11) is 0. The third kappa shape index (κ3) is 2.96. The number of carbonyl (C=O) groups excluding carboxylic acids is 2. The van der Waals surface area contributed by atoms with Crippen molar-refractivity contribution in [3.8, 4) is 0 Å². The number of rotatable bonds is 3. The quantitative estimate of drug-likeness (QED) is 0.653. The van der Waals surface area contributed by atoms with E-state index >= 15 is 0 Å². The van der Waals surface area contributed by atoms with Gasteiger partial charge in [-0.15, -0.1) is 0 Å². The largest absolute Gasteiger partial charge is 0.469 e. The number of hydrogen-bond acceptors (Lipinski definition) is 5. The maximum atomic E-state index is 13.5. The van der Waals surface area contributed by atoms with E-state index in [9.17, 15) is 9.59 Å². The van der Waals surface area contributed by atoms with E-state index in [0.717, 1.165) is 22.8 Å². The third-order valence-electron chi connectivity index (χ3n) is 5.82. The minimum Gasteiger partial charge on any atom is -0.469 e. The van der Waals surface area contributed by atoms with Crippen molar-refractivity contribution in [1.29, 1.82) is 0 Å². The van der Waals surface area contributed by atoms with Gasteiger partial charge >= 0.3 is 0 Å². The molecule has 0 saturated heterocycles. The minimum atomic E-state index is -0.608. The molecule has 5 rings (SSSR count). The first kappa shape index (κ1) is 18.5. The van der Waals surface area contributed by atoms with Crippen LogP contribution < -0.4 is 10.2 Å². The Kier molecular flexibility index (Phi) is 4.54. The zero-order valence-corrected chi connectivity index (χ0v) is 16.6. The smallest absolute Gasteiger partial charge is 0.227 e. The molecule has 30 heavy (non-hydrogen) atoms. The highest BCUT2D eigenvalue weighted by molar-refractivity contribution is 6.06. The van der Waals surface area contributed by atoms with Crippen molar-refractivity contribution in [2.24, 2.45) is 0 Å². The van der Waals surface area contributed by atoms with E-state index in [1.54, 1.807) is 23.5 Å². The molecule has 0 saturated carbocycles. The number of para-hydroxylation sites is 2. The van der Waals surface area contributed by atoms with Gasteiger partial charge in [0.2, 0.25) is 5.91 Å². The Morgan fingerprint density at radius 3 is 2.47 bits per heavy atom. The summed E-state index contributed by atoms with van der Waals surface area (Å²) < 4.78 is 11.3. The second-order valence-electron chi connectivity index (χ2n) is 7.61. The molecule has 6 nitrogen and oxygen atoms in total. The number of nitrogens with one attached hydrogen (secondary N) is 1. The van der Waals surface area contributed by atoms with Crippen LogP contribution in [0.4, 0.5) is 11.4 Å². The Morgan fingerprint density at radius 1 is 1.03 bits per heavy atom. The molecule has 2 aliphatic rings. The van der Waals surface area contributed by atoms with Gasteiger partial charge in [0.05, 0.1) is 23.9 Å². The van der Waals surface area contributed by atoms with E-state index in [4.69, 9.17) is 8.83 Å². The number of amides is 1. The molecule has 1 aliphatic carbocycles. The van der Waals surface area contributed by atoms with Gasteiger partial charge in [-0.25, -0.2) is 0 Å². The second-order valence-corrected chi connectivity index (χ2v) is 7.61. The highest BCUT2D eigenvalue weighted by Gasteiger charge is 2.42. The normalized spacial score (nSPS) is 21.0. The molecular weight excluding hydrogens is 380 g/mol. The molecule has 2 aromatic heterocycles. The number of Topliss-reactive ketones (excluding diaryl/α,β-unsaturated/α-hetero) is 1. The van der Waals surface area contributed by atoms with Crippen LogP contribution in [0.5, 0.6) is 0 Å². The number of carbonyl (C=O) groups is 2. The fraction of sp³-hybridized carbons (Fsp3) is 0.250. The molecular formula is C24H22N2O4. The summed E-state index contributed by atoms with van der Waals surface area (Å²) in [6.45, 7) is 1.83. The molecule has 1 N–H and O–H groups in total. The van der Waals surface area contributed by atoms with E-state index in [-0.39, 0.29) is 17.6 Å². The maximum absolute atomic E-state index is 13.5. The lowest BCUT2D eigenvalue weighted by atomic mass is 9.81. The lowest BCUT2D eigenvalue weighted by molar-refractivity contribution is -0.119. The van der Waals surface area contributed by atoms with E-state index in [2.05, 4.69) is 5.32 Å². The van der Waals surface area contributed by atoms with Gasteiger partial charge in [-0.3, -0.25) is 14.5 Å². The number of ketones is 1. The first-order chi connectivity index (χ1) is 14.7. The van der Waals surface area contributed by atoms with Gasteiger partial charge in [-0.1, -0.05) is 19.1 Å². The summed E-state index contributed by atoms with van der Waals surface area (Å²) in [5.41, 5.74) is 2.94. The molecule has 152 valence electrons. The molecule has 1 amide bonds. The molecule has 6 heteroatoms. The lowest BCUT2D eigenvalue weighted by Gasteiger charge is -2.33. The van der Waals surface area contributed by atoms with Crippen molar-refractivity contribution >= 4 is 23.1 Å². The van der Waals surface area contributed by atoms with Crippen molar-refractivity contribution in [2.45, 2.75) is 38.1 Å². The van der Waals surface area contributed by atoms with Gasteiger partial charge in [0.25, 0.3) is 0 Å². The highest BCUT2D eigenvalue weighted by atomic mass is 16.3. The Balaban J connectivity index is 1.71. The van der Waals surface area contributed by atoms with Gasteiger partial charge in [0.15, 0.2) is 5.78 Å². The highest BCUT2D eigenvalue weighted by Crippen LogP contribution is 2.47. The van der Waals surface area contributed by atoms with Crippen LogP contribution in [-0.2, 0) is 9.59 Å². The number of hydrogen-bond donors (Lipinski definition) is 1. The Bertz CT molecular complexity index is 1110. The number of fused-ring (bicyclic) bond motifs is 1. The number of anilines is 2. The molecule has 3 heterocycles. The summed E-state index contributed by atoms with van der Waals surface area (Å²) >= 11 is 0. The fourth-order valence-electron chi connectivity index (χ4n) is 4.48. The van der Waals surface area contributed by atoms with Crippen LogP contribution in [0.2, 0.25) is 0 Å². The SMILES string of the molecule is CCC(=O)N1c2ccccc2NC2=C(C(=O)C[C@H](c3ccco3)C2)[C@H]1c1ccco1. The molecule has 1 aliphatic heterocycles. The summed E-state index contributed by atoms with van der Waals surface area (Å²) in [5.74, 6) is 1.25. The van der Waals surface area contributed by atoms with E-state index < -0.39 is 6.04 Å². The summed E-state index contributed by atoms with van der Waals surface area (Å²) in [6.07, 6.45) is 4.47. The average Bonchev–Trinajstić information content (AvgIpc) is 3.45. The van der Waals surface area contributed by atoms with Gasteiger partial charge in [-0.05, 0) is 42.8 Å². The molecule has 0 fully saturated rings. The van der Waals surface area contributed by atoms with Crippen LogP contribution in [0.25, 0.3) is 0 Å². The monoisotopic (exact) mass is 402 g/mol. The zero-order valence-electron chi connectivity index (χ0n) is 16.6. The predicted octanol–water partition coefficient (Wildman–Crippen LogP) is 5.18. The lowest BCUT2D eigenvalue weighted by Crippen LogP contribution is -2.38. The molecule has 0 spiro atoms. The van der Waals surface area contributed by atoms with Gasteiger partial charge < -0.3 is 14.2 Å². The Labute approximate surface area is 174 Å². The molecule has 0 radical (unpaired) electrons. The Hall–Kier alpha value is -3.54. The zero-order chi connectivity index (χ0) is 20.7. The number of allylic oxidation sites excluding steroid dienone is 1. The summed E-state index contributed by atoms with van der Waals surface area (Å²) in [6, 6.07) is 14.4. The number of nitrogens with zero attached hydrogens (tertiary/aromatic N) is 1. The molecule has 0 unspecified atom stereocenters. The van der Waals surface area contributed by atoms with Crippen LogP contribution >= 0.6 is 0 Å². The standard InChI is InChI=1S/C24H22N2O4/c1-2-22(28)26-18-8-4-3-7-16(18)25-17-13-15(20-9-5-11-29-20)14-19(27)23(17)24(26)21-10-6-12-30-21/h3-12,15,24-25H,2,13-14H2,1H3/t15-,24-/m1/s1. The molecule has 1 aromatic carbocycles. The second kappa shape index (κ2) is 7.37. The summed E-state index contributed by atoms with van der Waals surface area (Å²) in [4.78, 5) is 28.3. The first-order valence-corrected chi connectivity index (χ1v) is 10.2. The molecule has 3 aromatic rings. The van der Waals surface area contributed by atoms with Crippen molar-refractivity contribution in [3.63, 3.8) is 0 Å². The number of furan rings is 2. The fourth-order valence-corrected chi connectivity index (χ4v) is 4.48. The van der Waals surface area contributed by atoms with Crippen LogP contribution in [0.3, 0.4) is 0 Å². The maximum Gasteiger partial charge on any atom is 0.227 e. The van der Waals surface area contributed by atoms with Gasteiger partial charge in [0, 0.05) is 30.0 Å². The van der Waals surface area contributed by atoms with Crippen molar-refractivity contribution < 1.29 is 18.4 Å². The molecule has 0 bridgehead atoms. The predicted molar refractivity (Wildman–Crippen MR) is 112 cm³/mol. The van der Waals surface area contributed by atoms with Crippen LogP contribution in [-0.4, -0.2) is 11.7 Å². The van der Waals surface area contributed by atoms with E-state index in [1.165, 1.54) is 0 Å². The van der Waals surface area contributed by atoms with E-state index in [0.29, 0.717) is 30.6 Å². The minimum absolute atomic E-state index is 0.00624. The van der Waals surface area contributed by atoms with Crippen LogP contribution in [0.15, 0.2) is 81.2 Å².